The molecule has 3 amide bonds. The van der Waals surface area contributed by atoms with E-state index in [-0.39, 0.29) is 53.1 Å². The minimum Gasteiger partial charge on any atom is -0.351 e. The zero-order chi connectivity index (χ0) is 33.4. The minimum atomic E-state index is -4.02. The highest BCUT2D eigenvalue weighted by Gasteiger charge is 2.46. The van der Waals surface area contributed by atoms with Gasteiger partial charge in [0, 0.05) is 54.0 Å². The molecule has 1 saturated carbocycles. The zero-order valence-electron chi connectivity index (χ0n) is 24.3. The van der Waals surface area contributed by atoms with Crippen molar-refractivity contribution < 1.29 is 36.0 Å². The summed E-state index contributed by atoms with van der Waals surface area (Å²) in [5.41, 5.74) is -0.247. The molecule has 0 unspecified atom stereocenters. The van der Waals surface area contributed by atoms with E-state index < -0.39 is 75.2 Å². The Morgan fingerprint density at radius 3 is 2.43 bits per heavy atom. The van der Waals surface area contributed by atoms with Gasteiger partial charge in [-0.25, -0.2) is 31.6 Å². The van der Waals surface area contributed by atoms with Crippen LogP contribution in [0.5, 0.6) is 0 Å². The van der Waals surface area contributed by atoms with E-state index in [1.807, 2.05) is 0 Å². The van der Waals surface area contributed by atoms with Crippen molar-refractivity contribution in [3.8, 4) is 0 Å². The van der Waals surface area contributed by atoms with E-state index in [0.29, 0.717) is 0 Å². The summed E-state index contributed by atoms with van der Waals surface area (Å²) in [7, 11) is -4.02. The monoisotopic (exact) mass is 697 g/mol. The lowest BCUT2D eigenvalue weighted by molar-refractivity contribution is -0.128. The number of benzene rings is 2. The molecule has 1 aliphatic heterocycles. The summed E-state index contributed by atoms with van der Waals surface area (Å²) in [5.74, 6) is -6.37. The third-order valence-electron chi connectivity index (χ3n) is 7.89. The van der Waals surface area contributed by atoms with E-state index in [9.17, 15) is 31.6 Å². The molecule has 0 bridgehead atoms. The summed E-state index contributed by atoms with van der Waals surface area (Å²) in [5, 5.41) is 2.76. The van der Waals surface area contributed by atoms with Crippen LogP contribution in [0, 0.1) is 5.82 Å². The number of nitrogens with zero attached hydrogens (tertiary/aromatic N) is 4. The highest BCUT2D eigenvalue weighted by Crippen LogP contribution is 2.38. The molecule has 16 heteroatoms. The summed E-state index contributed by atoms with van der Waals surface area (Å²) < 4.78 is 68.0. The van der Waals surface area contributed by atoms with Gasteiger partial charge >= 0.3 is 0 Å². The van der Waals surface area contributed by atoms with Gasteiger partial charge in [-0.1, -0.05) is 41.4 Å². The standard InChI is InChI=1S/C30H28Cl2F3N5O5S/c1-46(44,45)20-15-17(33)14-19(16-20)39(28(43)23-6-7-25(41)40(23)29-36-13-10-24(32)38-29)26(21-4-2-3-5-22(21)31)27(42)37-18-8-11-30(34,35)12-9-18/h2-5,10,13-16,18,23,26H,6-9,11-12H2,1H3,(H,37,42)/t23-,26-/m0/s1. The summed E-state index contributed by atoms with van der Waals surface area (Å²) in [6.07, 6.45) is 0.949. The minimum absolute atomic E-state index is 0.0120. The second kappa shape index (κ2) is 13.2. The first-order valence-electron chi connectivity index (χ1n) is 14.2. The Morgan fingerprint density at radius 2 is 1.78 bits per heavy atom. The van der Waals surface area contributed by atoms with Crippen molar-refractivity contribution in [1.82, 2.24) is 15.3 Å². The number of alkyl halides is 2. The average Bonchev–Trinajstić information content (AvgIpc) is 3.37. The second-order valence-electron chi connectivity index (χ2n) is 11.2. The molecule has 46 heavy (non-hydrogen) atoms. The number of sulfone groups is 1. The smallest absolute Gasteiger partial charge is 0.251 e. The Morgan fingerprint density at radius 1 is 1.09 bits per heavy atom. The van der Waals surface area contributed by atoms with Crippen molar-refractivity contribution in [2.75, 3.05) is 16.1 Å². The molecular formula is C30H28Cl2F3N5O5S. The third-order valence-corrected chi connectivity index (χ3v) is 9.54. The summed E-state index contributed by atoms with van der Waals surface area (Å²) in [6, 6.07) is 6.41. The van der Waals surface area contributed by atoms with Crippen LogP contribution in [0.1, 0.15) is 50.1 Å². The van der Waals surface area contributed by atoms with Gasteiger partial charge in [-0.15, -0.1) is 0 Å². The Hall–Kier alpha value is -3.75. The first-order chi connectivity index (χ1) is 21.6. The van der Waals surface area contributed by atoms with Crippen molar-refractivity contribution in [1.29, 1.82) is 0 Å². The van der Waals surface area contributed by atoms with Crippen molar-refractivity contribution in [2.45, 2.75) is 67.5 Å². The Bertz CT molecular complexity index is 1790. The highest BCUT2D eigenvalue weighted by molar-refractivity contribution is 7.90. The fraction of sp³-hybridized carbons (Fsp3) is 0.367. The lowest BCUT2D eigenvalue weighted by Crippen LogP contribution is -2.53. The van der Waals surface area contributed by atoms with Gasteiger partial charge in [-0.05, 0) is 49.6 Å². The Labute approximate surface area is 272 Å². The molecule has 2 fully saturated rings. The number of carbonyl (C=O) groups is 3. The average molecular weight is 699 g/mol. The van der Waals surface area contributed by atoms with Crippen LogP contribution in [0.4, 0.5) is 24.8 Å². The number of hydrogen-bond acceptors (Lipinski definition) is 7. The normalized spacial score (nSPS) is 19.1. The van der Waals surface area contributed by atoms with Gasteiger partial charge in [0.15, 0.2) is 9.84 Å². The topological polar surface area (TPSA) is 130 Å². The molecule has 1 saturated heterocycles. The first kappa shape index (κ1) is 33.6. The van der Waals surface area contributed by atoms with Crippen LogP contribution >= 0.6 is 23.2 Å². The van der Waals surface area contributed by atoms with Gasteiger partial charge in [0.05, 0.1) is 4.90 Å². The predicted octanol–water partition coefficient (Wildman–Crippen LogP) is 5.29. The van der Waals surface area contributed by atoms with E-state index in [1.54, 1.807) is 12.1 Å². The predicted molar refractivity (Wildman–Crippen MR) is 164 cm³/mol. The van der Waals surface area contributed by atoms with Crippen LogP contribution in [0.25, 0.3) is 0 Å². The van der Waals surface area contributed by atoms with Crippen LogP contribution in [0.2, 0.25) is 10.2 Å². The number of amides is 3. The van der Waals surface area contributed by atoms with Crippen molar-refractivity contribution in [3.63, 3.8) is 0 Å². The summed E-state index contributed by atoms with van der Waals surface area (Å²) >= 11 is 12.6. The van der Waals surface area contributed by atoms with Crippen molar-refractivity contribution >= 4 is 62.4 Å². The Kier molecular flexibility index (Phi) is 9.62. The van der Waals surface area contributed by atoms with E-state index in [2.05, 4.69) is 15.3 Å². The van der Waals surface area contributed by atoms with Gasteiger partial charge in [0.2, 0.25) is 23.7 Å². The molecule has 10 nitrogen and oxygen atoms in total. The molecule has 0 radical (unpaired) electrons. The zero-order valence-corrected chi connectivity index (χ0v) is 26.6. The van der Waals surface area contributed by atoms with Gasteiger partial charge in [-0.3, -0.25) is 24.2 Å². The van der Waals surface area contributed by atoms with E-state index in [0.717, 1.165) is 34.3 Å². The fourth-order valence-electron chi connectivity index (χ4n) is 5.64. The van der Waals surface area contributed by atoms with Crippen LogP contribution in [0.3, 0.4) is 0 Å². The van der Waals surface area contributed by atoms with Gasteiger partial charge < -0.3 is 5.32 Å². The molecule has 2 aromatic carbocycles. The third kappa shape index (κ3) is 7.29. The number of nitrogens with one attached hydrogen (secondary N) is 1. The maximum atomic E-state index is 15.1. The number of anilines is 2. The number of rotatable bonds is 8. The molecule has 244 valence electrons. The molecule has 1 N–H and O–H groups in total. The van der Waals surface area contributed by atoms with Crippen LogP contribution < -0.4 is 15.1 Å². The maximum absolute atomic E-state index is 15.1. The lowest BCUT2D eigenvalue weighted by atomic mass is 9.91. The summed E-state index contributed by atoms with van der Waals surface area (Å²) in [6.45, 7) is 0. The van der Waals surface area contributed by atoms with E-state index in [1.165, 1.54) is 24.4 Å². The number of aromatic nitrogens is 2. The number of carbonyl (C=O) groups excluding carboxylic acids is 3. The van der Waals surface area contributed by atoms with Crippen molar-refractivity contribution in [3.05, 3.63) is 76.3 Å². The van der Waals surface area contributed by atoms with Crippen LogP contribution in [0.15, 0.2) is 59.6 Å². The second-order valence-corrected chi connectivity index (χ2v) is 14.0. The Balaban J connectivity index is 1.67. The summed E-state index contributed by atoms with van der Waals surface area (Å²) in [4.78, 5) is 51.5. The molecule has 2 aliphatic rings. The SMILES string of the molecule is CS(=O)(=O)c1cc(F)cc(N(C(=O)[C@@H]2CCC(=O)N2c2nccc(Cl)n2)[C@H](C(=O)NC2CCC(F)(F)CC2)c2ccccc2Cl)c1. The molecule has 5 rings (SSSR count). The number of halogens is 5. The first-order valence-corrected chi connectivity index (χ1v) is 16.9. The van der Waals surface area contributed by atoms with Crippen LogP contribution in [-0.2, 0) is 24.2 Å². The van der Waals surface area contributed by atoms with E-state index in [4.69, 9.17) is 23.2 Å². The number of hydrogen-bond donors (Lipinski definition) is 1. The fourth-order valence-corrected chi connectivity index (χ4v) is 6.67. The molecule has 0 spiro atoms. The molecule has 1 aromatic heterocycles. The quantitative estimate of drug-likeness (QED) is 0.317. The maximum Gasteiger partial charge on any atom is 0.251 e. The van der Waals surface area contributed by atoms with Gasteiger partial charge in [-0.2, -0.15) is 0 Å². The lowest BCUT2D eigenvalue weighted by Gasteiger charge is -2.37. The largest absolute Gasteiger partial charge is 0.351 e. The van der Waals surface area contributed by atoms with Gasteiger partial charge in [0.1, 0.15) is 23.1 Å². The molecule has 2 atom stereocenters. The van der Waals surface area contributed by atoms with E-state index >= 15 is 4.39 Å². The molecule has 1 aliphatic carbocycles. The highest BCUT2D eigenvalue weighted by atomic mass is 35.5. The van der Waals surface area contributed by atoms with Crippen LogP contribution in [-0.4, -0.2) is 60.4 Å². The van der Waals surface area contributed by atoms with Gasteiger partial charge in [0.25, 0.3) is 5.91 Å². The molecule has 3 aromatic rings. The molecule has 2 heterocycles. The van der Waals surface area contributed by atoms with Crippen molar-refractivity contribution in [2.24, 2.45) is 0 Å². The molecular weight excluding hydrogens is 670 g/mol.